The Balaban J connectivity index is 1.71. The van der Waals surface area contributed by atoms with E-state index in [4.69, 9.17) is 0 Å². The lowest BCUT2D eigenvalue weighted by molar-refractivity contribution is 0.102. The fourth-order valence-corrected chi connectivity index (χ4v) is 3.90. The Kier molecular flexibility index (Phi) is 3.85. The van der Waals surface area contributed by atoms with Crippen molar-refractivity contribution in [2.75, 3.05) is 5.75 Å². The van der Waals surface area contributed by atoms with Crippen LogP contribution >= 0.6 is 23.1 Å². The highest BCUT2D eigenvalue weighted by Gasteiger charge is 2.09. The number of Topliss-reactive ketones (excluding diaryl/α,β-unsaturated/α-hetero) is 1. The summed E-state index contributed by atoms with van der Waals surface area (Å²) in [5.41, 5.74) is 2.89. The number of aromatic nitrogens is 1. The molecule has 0 radical (unpaired) electrons. The maximum Gasteiger partial charge on any atom is 0.173 e. The number of thioether (sulfide) groups is 1. The molecular weight excluding hydrogens is 286 g/mol. The smallest absolute Gasteiger partial charge is 0.173 e. The van der Waals surface area contributed by atoms with E-state index in [-0.39, 0.29) is 5.78 Å². The Hall–Kier alpha value is -1.65. The molecule has 0 aliphatic heterocycles. The van der Waals surface area contributed by atoms with Crippen LogP contribution in [0.3, 0.4) is 0 Å². The van der Waals surface area contributed by atoms with E-state index in [2.05, 4.69) is 11.1 Å². The maximum atomic E-state index is 12.1. The van der Waals surface area contributed by atoms with E-state index in [1.807, 2.05) is 49.4 Å². The fourth-order valence-electron chi connectivity index (χ4n) is 1.94. The summed E-state index contributed by atoms with van der Waals surface area (Å²) >= 11 is 3.15. The number of thiazole rings is 1. The third kappa shape index (κ3) is 2.92. The van der Waals surface area contributed by atoms with Crippen molar-refractivity contribution in [1.29, 1.82) is 0 Å². The summed E-state index contributed by atoms with van der Waals surface area (Å²) in [6.07, 6.45) is 0. The number of ketones is 1. The van der Waals surface area contributed by atoms with Gasteiger partial charge in [0, 0.05) is 5.56 Å². The molecule has 20 heavy (non-hydrogen) atoms. The molecule has 0 amide bonds. The number of rotatable bonds is 4. The molecule has 100 valence electrons. The average molecular weight is 299 g/mol. The maximum absolute atomic E-state index is 12.1. The van der Waals surface area contributed by atoms with Crippen LogP contribution in [0.5, 0.6) is 0 Å². The second-order valence-corrected chi connectivity index (χ2v) is 6.78. The molecule has 0 atom stereocenters. The lowest BCUT2D eigenvalue weighted by atomic mass is 10.1. The van der Waals surface area contributed by atoms with Crippen LogP contribution in [0.4, 0.5) is 0 Å². The van der Waals surface area contributed by atoms with Crippen LogP contribution in [0, 0.1) is 6.92 Å². The number of fused-ring (bicyclic) bond motifs is 1. The van der Waals surface area contributed by atoms with E-state index >= 15 is 0 Å². The van der Waals surface area contributed by atoms with Gasteiger partial charge >= 0.3 is 0 Å². The lowest BCUT2D eigenvalue weighted by Gasteiger charge is -2.00. The predicted molar refractivity (Wildman–Crippen MR) is 85.9 cm³/mol. The Labute approximate surface area is 125 Å². The van der Waals surface area contributed by atoms with E-state index in [1.54, 1.807) is 11.3 Å². The van der Waals surface area contributed by atoms with Crippen LogP contribution in [0.15, 0.2) is 52.9 Å². The first-order valence-corrected chi connectivity index (χ1v) is 8.11. The fraction of sp³-hybridized carbons (Fsp3) is 0.125. The zero-order chi connectivity index (χ0) is 13.9. The molecule has 2 nitrogen and oxygen atoms in total. The molecule has 1 aromatic heterocycles. The Morgan fingerprint density at radius 3 is 2.85 bits per heavy atom. The molecular formula is C16H13NOS2. The van der Waals surface area contributed by atoms with E-state index in [0.29, 0.717) is 5.75 Å². The van der Waals surface area contributed by atoms with Gasteiger partial charge in [-0.1, -0.05) is 47.7 Å². The van der Waals surface area contributed by atoms with Crippen molar-refractivity contribution in [3.05, 3.63) is 59.7 Å². The van der Waals surface area contributed by atoms with Gasteiger partial charge in [0.2, 0.25) is 0 Å². The van der Waals surface area contributed by atoms with Gasteiger partial charge < -0.3 is 0 Å². The molecule has 0 aliphatic carbocycles. The number of carbonyl (C=O) groups is 1. The van der Waals surface area contributed by atoms with Gasteiger partial charge in [-0.15, -0.1) is 11.3 Å². The van der Waals surface area contributed by atoms with Crippen molar-refractivity contribution in [2.45, 2.75) is 11.3 Å². The van der Waals surface area contributed by atoms with Crippen molar-refractivity contribution < 1.29 is 4.79 Å². The van der Waals surface area contributed by atoms with Crippen molar-refractivity contribution in [3.8, 4) is 0 Å². The number of para-hydroxylation sites is 1. The van der Waals surface area contributed by atoms with Gasteiger partial charge in [-0.05, 0) is 25.1 Å². The molecule has 1 heterocycles. The van der Waals surface area contributed by atoms with Crippen LogP contribution in [0.25, 0.3) is 10.2 Å². The van der Waals surface area contributed by atoms with Gasteiger partial charge in [0.05, 0.1) is 16.0 Å². The minimum Gasteiger partial charge on any atom is -0.293 e. The third-order valence-electron chi connectivity index (χ3n) is 2.94. The summed E-state index contributed by atoms with van der Waals surface area (Å²) in [5.74, 6) is 0.585. The predicted octanol–water partition coefficient (Wildman–Crippen LogP) is 4.58. The van der Waals surface area contributed by atoms with E-state index < -0.39 is 0 Å². The summed E-state index contributed by atoms with van der Waals surface area (Å²) < 4.78 is 2.12. The molecule has 4 heteroatoms. The van der Waals surface area contributed by atoms with Crippen molar-refractivity contribution >= 4 is 39.1 Å². The molecule has 0 saturated heterocycles. The Bertz CT molecular complexity index is 731. The third-order valence-corrected chi connectivity index (χ3v) is 5.12. The van der Waals surface area contributed by atoms with E-state index in [9.17, 15) is 4.79 Å². The largest absolute Gasteiger partial charge is 0.293 e. The average Bonchev–Trinajstić information content (AvgIpc) is 2.87. The summed E-state index contributed by atoms with van der Waals surface area (Å²) in [7, 11) is 0. The first-order chi connectivity index (χ1) is 9.72. The summed E-state index contributed by atoms with van der Waals surface area (Å²) in [6.45, 7) is 2.00. The quantitative estimate of drug-likeness (QED) is 0.522. The zero-order valence-corrected chi connectivity index (χ0v) is 12.6. The SMILES string of the molecule is Cc1cccc(C(=O)CSc2nc3ccccc3s2)c1. The molecule has 0 bridgehead atoms. The van der Waals surface area contributed by atoms with Gasteiger partial charge in [0.1, 0.15) is 0 Å². The van der Waals surface area contributed by atoms with Crippen molar-refractivity contribution in [3.63, 3.8) is 0 Å². The Morgan fingerprint density at radius 1 is 1.20 bits per heavy atom. The normalized spacial score (nSPS) is 10.8. The Morgan fingerprint density at radius 2 is 2.05 bits per heavy atom. The molecule has 0 spiro atoms. The summed E-state index contributed by atoms with van der Waals surface area (Å²) in [5, 5.41) is 0. The second-order valence-electron chi connectivity index (χ2n) is 4.53. The standard InChI is InChI=1S/C16H13NOS2/c1-11-5-4-6-12(9-11)14(18)10-19-16-17-13-7-2-3-8-15(13)20-16/h2-9H,10H2,1H3. The molecule has 0 aliphatic rings. The van der Waals surface area contributed by atoms with Crippen LogP contribution in [-0.4, -0.2) is 16.5 Å². The van der Waals surface area contributed by atoms with Gasteiger partial charge in [0.15, 0.2) is 10.1 Å². The number of hydrogen-bond acceptors (Lipinski definition) is 4. The van der Waals surface area contributed by atoms with Crippen molar-refractivity contribution in [2.24, 2.45) is 0 Å². The molecule has 0 unspecified atom stereocenters. The zero-order valence-electron chi connectivity index (χ0n) is 11.0. The van der Waals surface area contributed by atoms with Gasteiger partial charge in [-0.3, -0.25) is 4.79 Å². The number of carbonyl (C=O) groups excluding carboxylic acids is 1. The molecule has 0 fully saturated rings. The molecule has 3 aromatic rings. The molecule has 3 rings (SSSR count). The topological polar surface area (TPSA) is 30.0 Å². The van der Waals surface area contributed by atoms with Crippen molar-refractivity contribution in [1.82, 2.24) is 4.98 Å². The van der Waals surface area contributed by atoms with Crippen LogP contribution in [0.2, 0.25) is 0 Å². The number of benzene rings is 2. The summed E-state index contributed by atoms with van der Waals surface area (Å²) in [4.78, 5) is 16.7. The van der Waals surface area contributed by atoms with Crippen LogP contribution < -0.4 is 0 Å². The lowest BCUT2D eigenvalue weighted by Crippen LogP contribution is -2.02. The molecule has 2 aromatic carbocycles. The highest BCUT2D eigenvalue weighted by Crippen LogP contribution is 2.29. The van der Waals surface area contributed by atoms with E-state index in [1.165, 1.54) is 11.8 Å². The number of aryl methyl sites for hydroxylation is 1. The highest BCUT2D eigenvalue weighted by atomic mass is 32.2. The highest BCUT2D eigenvalue weighted by molar-refractivity contribution is 8.01. The second kappa shape index (κ2) is 5.77. The van der Waals surface area contributed by atoms with E-state index in [0.717, 1.165) is 25.7 Å². The monoisotopic (exact) mass is 299 g/mol. The summed E-state index contributed by atoms with van der Waals surface area (Å²) in [6, 6.07) is 15.8. The van der Waals surface area contributed by atoms with Crippen LogP contribution in [0.1, 0.15) is 15.9 Å². The van der Waals surface area contributed by atoms with Crippen LogP contribution in [-0.2, 0) is 0 Å². The number of hydrogen-bond donors (Lipinski definition) is 0. The minimum atomic E-state index is 0.151. The van der Waals surface area contributed by atoms with Gasteiger partial charge in [-0.25, -0.2) is 4.98 Å². The van der Waals surface area contributed by atoms with Gasteiger partial charge in [0.25, 0.3) is 0 Å². The van der Waals surface area contributed by atoms with Gasteiger partial charge in [-0.2, -0.15) is 0 Å². The molecule has 0 N–H and O–H groups in total. The number of nitrogens with zero attached hydrogens (tertiary/aromatic N) is 1. The first-order valence-electron chi connectivity index (χ1n) is 6.30. The molecule has 0 saturated carbocycles. The minimum absolute atomic E-state index is 0.151. The first kappa shape index (κ1) is 13.3.